The molecular weight excluding hydrogens is 283 g/mol. The van der Waals surface area contributed by atoms with Gasteiger partial charge in [0.05, 0.1) is 5.75 Å². The predicted octanol–water partition coefficient (Wildman–Crippen LogP) is 4.24. The molecule has 2 rings (SSSR count). The van der Waals surface area contributed by atoms with Gasteiger partial charge in [0.15, 0.2) is 0 Å². The Bertz CT molecular complexity index is 593. The number of rotatable bonds is 4. The maximum atomic E-state index is 13.6. The van der Waals surface area contributed by atoms with Gasteiger partial charge in [-0.1, -0.05) is 41.9 Å². The van der Waals surface area contributed by atoms with Gasteiger partial charge in [-0.2, -0.15) is 0 Å². The Kier molecular flexibility index (Phi) is 4.72. The van der Waals surface area contributed by atoms with Crippen LogP contribution in [0.3, 0.4) is 0 Å². The summed E-state index contributed by atoms with van der Waals surface area (Å²) in [4.78, 5) is 0. The molecule has 0 aliphatic rings. The summed E-state index contributed by atoms with van der Waals surface area (Å²) in [6, 6.07) is 12.3. The van der Waals surface area contributed by atoms with Crippen molar-refractivity contribution in [3.63, 3.8) is 0 Å². The van der Waals surface area contributed by atoms with E-state index in [4.69, 9.17) is 11.6 Å². The van der Waals surface area contributed by atoms with Crippen LogP contribution >= 0.6 is 11.6 Å². The van der Waals surface area contributed by atoms with Crippen LogP contribution in [0, 0.1) is 12.7 Å². The van der Waals surface area contributed by atoms with Gasteiger partial charge in [-0.25, -0.2) is 4.39 Å². The summed E-state index contributed by atoms with van der Waals surface area (Å²) in [6.07, 6.45) is 0. The molecule has 0 aromatic heterocycles. The van der Waals surface area contributed by atoms with Crippen LogP contribution in [-0.4, -0.2) is 4.21 Å². The zero-order valence-corrected chi connectivity index (χ0v) is 12.1. The van der Waals surface area contributed by atoms with Gasteiger partial charge in [0.2, 0.25) is 0 Å². The van der Waals surface area contributed by atoms with Crippen molar-refractivity contribution in [3.8, 4) is 0 Å². The van der Waals surface area contributed by atoms with Crippen LogP contribution in [-0.2, 0) is 22.3 Å². The average Bonchev–Trinajstić information content (AvgIpc) is 2.37. The minimum atomic E-state index is -1.18. The van der Waals surface area contributed by atoms with Crippen molar-refractivity contribution < 1.29 is 8.60 Å². The molecule has 0 fully saturated rings. The molecule has 0 N–H and O–H groups in total. The van der Waals surface area contributed by atoms with Crippen molar-refractivity contribution >= 4 is 22.4 Å². The minimum absolute atomic E-state index is 0.139. The van der Waals surface area contributed by atoms with Gasteiger partial charge in [0, 0.05) is 27.1 Å². The molecule has 19 heavy (non-hydrogen) atoms. The van der Waals surface area contributed by atoms with E-state index in [9.17, 15) is 8.60 Å². The van der Waals surface area contributed by atoms with Gasteiger partial charge < -0.3 is 0 Å². The Labute approximate surface area is 119 Å². The van der Waals surface area contributed by atoms with E-state index >= 15 is 0 Å². The number of hydrogen-bond donors (Lipinski definition) is 0. The van der Waals surface area contributed by atoms with Crippen molar-refractivity contribution in [2.45, 2.75) is 18.4 Å². The fourth-order valence-electron chi connectivity index (χ4n) is 1.83. The lowest BCUT2D eigenvalue weighted by atomic mass is 10.1. The molecule has 0 spiro atoms. The number of halogens is 2. The highest BCUT2D eigenvalue weighted by Gasteiger charge is 2.11. The fraction of sp³-hybridized carbons (Fsp3) is 0.200. The Balaban J connectivity index is 2.12. The molecule has 0 saturated carbocycles. The van der Waals surface area contributed by atoms with Gasteiger partial charge in [-0.15, -0.1) is 0 Å². The lowest BCUT2D eigenvalue weighted by molar-refractivity contribution is 0.615. The number of aryl methyl sites for hydroxylation is 1. The second-order valence-electron chi connectivity index (χ2n) is 4.36. The highest BCUT2D eigenvalue weighted by Crippen LogP contribution is 2.22. The van der Waals surface area contributed by atoms with Crippen molar-refractivity contribution in [3.05, 3.63) is 70.0 Å². The Hall–Kier alpha value is -1.19. The zero-order chi connectivity index (χ0) is 13.8. The standard InChI is InChI=1S/C15H14ClFOS/c1-11-5-2-3-6-12(11)9-19(18)10-13-14(16)7-4-8-15(13)17/h2-8H,9-10H2,1H3/t19-/m1/s1. The quantitative estimate of drug-likeness (QED) is 0.825. The zero-order valence-electron chi connectivity index (χ0n) is 10.5. The largest absolute Gasteiger partial charge is 0.259 e. The van der Waals surface area contributed by atoms with E-state index in [1.54, 1.807) is 12.1 Å². The minimum Gasteiger partial charge on any atom is -0.259 e. The van der Waals surface area contributed by atoms with Gasteiger partial charge in [-0.05, 0) is 30.2 Å². The molecule has 1 atom stereocenters. The molecule has 0 aliphatic heterocycles. The Morgan fingerprint density at radius 1 is 1.11 bits per heavy atom. The molecule has 0 unspecified atom stereocenters. The first-order valence-electron chi connectivity index (χ1n) is 5.90. The molecule has 0 heterocycles. The van der Waals surface area contributed by atoms with Crippen molar-refractivity contribution in [1.82, 2.24) is 0 Å². The van der Waals surface area contributed by atoms with Gasteiger partial charge in [0.25, 0.3) is 0 Å². The third kappa shape index (κ3) is 3.64. The van der Waals surface area contributed by atoms with Crippen molar-refractivity contribution in [2.24, 2.45) is 0 Å². The van der Waals surface area contributed by atoms with Gasteiger partial charge >= 0.3 is 0 Å². The molecule has 1 nitrogen and oxygen atoms in total. The topological polar surface area (TPSA) is 17.1 Å². The van der Waals surface area contributed by atoms with Crippen LogP contribution in [0.25, 0.3) is 0 Å². The predicted molar refractivity (Wildman–Crippen MR) is 78.1 cm³/mol. The fourth-order valence-corrected chi connectivity index (χ4v) is 3.52. The van der Waals surface area contributed by atoms with Crippen molar-refractivity contribution in [2.75, 3.05) is 0 Å². The third-order valence-corrected chi connectivity index (χ3v) is 4.54. The molecule has 0 amide bonds. The number of benzene rings is 2. The summed E-state index contributed by atoms with van der Waals surface area (Å²) in [7, 11) is -1.18. The van der Waals surface area contributed by atoms with E-state index in [2.05, 4.69) is 0 Å². The monoisotopic (exact) mass is 296 g/mol. The first kappa shape index (κ1) is 14.2. The first-order chi connectivity index (χ1) is 9.08. The highest BCUT2D eigenvalue weighted by molar-refractivity contribution is 7.83. The van der Waals surface area contributed by atoms with Crippen LogP contribution < -0.4 is 0 Å². The SMILES string of the molecule is Cc1ccccc1C[S@@](=O)Cc1c(F)cccc1Cl. The molecule has 100 valence electrons. The molecule has 4 heteroatoms. The van der Waals surface area contributed by atoms with Crippen LogP contribution in [0.4, 0.5) is 4.39 Å². The first-order valence-corrected chi connectivity index (χ1v) is 7.77. The average molecular weight is 297 g/mol. The second-order valence-corrected chi connectivity index (χ2v) is 6.22. The smallest absolute Gasteiger partial charge is 0.128 e. The van der Waals surface area contributed by atoms with Crippen LogP contribution in [0.15, 0.2) is 42.5 Å². The van der Waals surface area contributed by atoms with Crippen LogP contribution in [0.2, 0.25) is 5.02 Å². The molecule has 2 aromatic rings. The summed E-state index contributed by atoms with van der Waals surface area (Å²) in [6.45, 7) is 1.97. The molecular formula is C15H14ClFOS. The molecule has 0 bridgehead atoms. The van der Waals surface area contributed by atoms with E-state index in [1.165, 1.54) is 6.07 Å². The molecule has 2 aromatic carbocycles. The molecule has 0 saturated heterocycles. The lowest BCUT2D eigenvalue weighted by Gasteiger charge is -2.08. The van der Waals surface area contributed by atoms with Crippen LogP contribution in [0.1, 0.15) is 16.7 Å². The Morgan fingerprint density at radius 2 is 1.84 bits per heavy atom. The summed E-state index contributed by atoms with van der Waals surface area (Å²) < 4.78 is 25.7. The van der Waals surface area contributed by atoms with E-state index in [0.717, 1.165) is 11.1 Å². The molecule has 0 radical (unpaired) electrons. The third-order valence-electron chi connectivity index (χ3n) is 2.94. The van der Waals surface area contributed by atoms with E-state index in [0.29, 0.717) is 16.3 Å². The van der Waals surface area contributed by atoms with Crippen molar-refractivity contribution in [1.29, 1.82) is 0 Å². The summed E-state index contributed by atoms with van der Waals surface area (Å²) >= 11 is 5.93. The normalized spacial score (nSPS) is 12.4. The number of hydrogen-bond acceptors (Lipinski definition) is 1. The second kappa shape index (κ2) is 6.31. The maximum absolute atomic E-state index is 13.6. The summed E-state index contributed by atoms with van der Waals surface area (Å²) in [5.41, 5.74) is 2.44. The van der Waals surface area contributed by atoms with Crippen LogP contribution in [0.5, 0.6) is 0 Å². The van der Waals surface area contributed by atoms with Gasteiger partial charge in [-0.3, -0.25) is 4.21 Å². The van der Waals surface area contributed by atoms with E-state index < -0.39 is 16.6 Å². The Morgan fingerprint density at radius 3 is 2.53 bits per heavy atom. The molecule has 0 aliphatic carbocycles. The van der Waals surface area contributed by atoms with E-state index in [-0.39, 0.29) is 5.75 Å². The summed E-state index contributed by atoms with van der Waals surface area (Å²) in [5.74, 6) is 0.155. The van der Waals surface area contributed by atoms with Gasteiger partial charge in [0.1, 0.15) is 5.82 Å². The lowest BCUT2D eigenvalue weighted by Crippen LogP contribution is -2.03. The summed E-state index contributed by atoms with van der Waals surface area (Å²) in [5, 5.41) is 0.332. The highest BCUT2D eigenvalue weighted by atomic mass is 35.5. The maximum Gasteiger partial charge on any atom is 0.128 e. The van der Waals surface area contributed by atoms with E-state index in [1.807, 2.05) is 31.2 Å².